The molecule has 0 radical (unpaired) electrons. The summed E-state index contributed by atoms with van der Waals surface area (Å²) in [6.07, 6.45) is 8.11. The van der Waals surface area contributed by atoms with Gasteiger partial charge in [0.25, 0.3) is 0 Å². The lowest BCUT2D eigenvalue weighted by Crippen LogP contribution is -2.32. The summed E-state index contributed by atoms with van der Waals surface area (Å²) in [6.45, 7) is 0. The predicted molar refractivity (Wildman–Crippen MR) is 75.4 cm³/mol. The van der Waals surface area contributed by atoms with Crippen molar-refractivity contribution in [1.82, 2.24) is 10.3 Å². The van der Waals surface area contributed by atoms with Gasteiger partial charge in [-0.05, 0) is 44.9 Å². The number of carbonyl (C=O) groups is 1. The largest absolute Gasteiger partial charge is 0.310 e. The molecule has 4 nitrogen and oxygen atoms in total. The van der Waals surface area contributed by atoms with Crippen LogP contribution in [0.3, 0.4) is 0 Å². The number of aryl methyl sites for hydroxylation is 2. The highest BCUT2D eigenvalue weighted by atomic mass is 32.1. The molecule has 3 heterocycles. The monoisotopic (exact) mass is 277 g/mol. The number of amides is 1. The van der Waals surface area contributed by atoms with E-state index >= 15 is 0 Å². The zero-order chi connectivity index (χ0) is 12.8. The quantitative estimate of drug-likeness (QED) is 0.870. The number of rotatable bonds is 2. The summed E-state index contributed by atoms with van der Waals surface area (Å²) in [7, 11) is 0. The molecule has 3 unspecified atom stereocenters. The first-order valence-electron chi connectivity index (χ1n) is 7.35. The molecule has 2 N–H and O–H groups in total. The lowest BCUT2D eigenvalue weighted by atomic mass is 9.88. The Hall–Kier alpha value is -0.940. The number of aromatic nitrogens is 1. The maximum Gasteiger partial charge on any atom is 0.230 e. The molecule has 1 aromatic rings. The van der Waals surface area contributed by atoms with Crippen molar-refractivity contribution in [2.75, 3.05) is 5.32 Å². The van der Waals surface area contributed by atoms with Gasteiger partial charge in [0.2, 0.25) is 5.91 Å². The minimum atomic E-state index is 0.152. The second kappa shape index (κ2) is 4.56. The fourth-order valence-electron chi connectivity index (χ4n) is 3.72. The van der Waals surface area contributed by atoms with E-state index in [0.29, 0.717) is 12.1 Å². The Bertz CT molecular complexity index is 489. The van der Waals surface area contributed by atoms with Gasteiger partial charge in [0.15, 0.2) is 5.13 Å². The number of hydrogen-bond donors (Lipinski definition) is 2. The van der Waals surface area contributed by atoms with Gasteiger partial charge in [-0.1, -0.05) is 0 Å². The fourth-order valence-corrected chi connectivity index (χ4v) is 4.77. The minimum absolute atomic E-state index is 0.152. The first-order chi connectivity index (χ1) is 9.29. The number of thiazole rings is 1. The Labute approximate surface area is 117 Å². The maximum absolute atomic E-state index is 12.3. The van der Waals surface area contributed by atoms with Gasteiger partial charge in [-0.15, -0.1) is 11.3 Å². The molecule has 1 aliphatic carbocycles. The van der Waals surface area contributed by atoms with Crippen molar-refractivity contribution in [3.63, 3.8) is 0 Å². The van der Waals surface area contributed by atoms with Crippen molar-refractivity contribution in [1.29, 1.82) is 0 Å². The van der Waals surface area contributed by atoms with E-state index in [1.807, 2.05) is 0 Å². The van der Waals surface area contributed by atoms with Gasteiger partial charge in [-0.2, -0.15) is 0 Å². The van der Waals surface area contributed by atoms with Crippen LogP contribution in [0.25, 0.3) is 0 Å². The SMILES string of the molecule is O=C(Nc1nc2c(s1)CCCC2)C1CC2CCC1N2. The van der Waals surface area contributed by atoms with E-state index in [-0.39, 0.29) is 11.8 Å². The summed E-state index contributed by atoms with van der Waals surface area (Å²) in [4.78, 5) is 18.3. The van der Waals surface area contributed by atoms with Crippen LogP contribution >= 0.6 is 11.3 Å². The maximum atomic E-state index is 12.3. The molecule has 1 aromatic heterocycles. The third-order valence-electron chi connectivity index (χ3n) is 4.71. The average Bonchev–Trinajstić information content (AvgIpc) is 3.12. The Morgan fingerprint density at radius 3 is 2.95 bits per heavy atom. The number of nitrogens with zero attached hydrogens (tertiary/aromatic N) is 1. The molecule has 0 spiro atoms. The first-order valence-corrected chi connectivity index (χ1v) is 8.17. The molecule has 5 heteroatoms. The third-order valence-corrected chi connectivity index (χ3v) is 5.79. The average molecular weight is 277 g/mol. The molecule has 1 amide bonds. The van der Waals surface area contributed by atoms with Crippen LogP contribution in [0.5, 0.6) is 0 Å². The zero-order valence-corrected chi connectivity index (χ0v) is 11.8. The van der Waals surface area contributed by atoms with Gasteiger partial charge in [-0.3, -0.25) is 4.79 Å². The summed E-state index contributed by atoms with van der Waals surface area (Å²) < 4.78 is 0. The van der Waals surface area contributed by atoms with E-state index < -0.39 is 0 Å². The fraction of sp³-hybridized carbons (Fsp3) is 0.714. The van der Waals surface area contributed by atoms with Crippen molar-refractivity contribution in [3.8, 4) is 0 Å². The highest BCUT2D eigenvalue weighted by molar-refractivity contribution is 7.15. The third kappa shape index (κ3) is 2.09. The summed E-state index contributed by atoms with van der Waals surface area (Å²) in [6, 6.07) is 0.977. The molecule has 3 atom stereocenters. The van der Waals surface area contributed by atoms with Crippen molar-refractivity contribution in [3.05, 3.63) is 10.6 Å². The van der Waals surface area contributed by atoms with E-state index in [1.165, 1.54) is 29.8 Å². The standard InChI is InChI=1S/C14H19N3OS/c18-13(9-7-8-5-6-10(9)15-8)17-14-16-11-3-1-2-4-12(11)19-14/h8-10,15H,1-7H2,(H,16,17,18). The Kier molecular flexibility index (Phi) is 2.84. The van der Waals surface area contributed by atoms with Crippen LogP contribution in [-0.4, -0.2) is 23.0 Å². The molecule has 19 heavy (non-hydrogen) atoms. The Balaban J connectivity index is 1.46. The lowest BCUT2D eigenvalue weighted by Gasteiger charge is -2.18. The molecule has 0 saturated carbocycles. The Morgan fingerprint density at radius 1 is 1.32 bits per heavy atom. The lowest BCUT2D eigenvalue weighted by molar-refractivity contribution is -0.120. The number of nitrogens with one attached hydrogen (secondary N) is 2. The van der Waals surface area contributed by atoms with Gasteiger partial charge in [-0.25, -0.2) is 4.98 Å². The molecule has 2 aliphatic heterocycles. The minimum Gasteiger partial charge on any atom is -0.310 e. The van der Waals surface area contributed by atoms with Crippen molar-refractivity contribution >= 4 is 22.4 Å². The smallest absolute Gasteiger partial charge is 0.230 e. The number of fused-ring (bicyclic) bond motifs is 3. The van der Waals surface area contributed by atoms with Crippen LogP contribution in [0.2, 0.25) is 0 Å². The highest BCUT2D eigenvalue weighted by Crippen LogP contribution is 2.35. The second-order valence-corrected chi connectivity index (χ2v) is 7.06. The molecule has 2 bridgehead atoms. The highest BCUT2D eigenvalue weighted by Gasteiger charge is 2.42. The summed E-state index contributed by atoms with van der Waals surface area (Å²) in [5.74, 6) is 0.325. The van der Waals surface area contributed by atoms with Gasteiger partial charge >= 0.3 is 0 Å². The van der Waals surface area contributed by atoms with Crippen LogP contribution in [0, 0.1) is 5.92 Å². The summed E-state index contributed by atoms with van der Waals surface area (Å²) >= 11 is 1.68. The normalized spacial score (nSPS) is 32.3. The van der Waals surface area contributed by atoms with Crippen LogP contribution in [0.4, 0.5) is 5.13 Å². The van der Waals surface area contributed by atoms with Crippen molar-refractivity contribution in [2.45, 2.75) is 57.0 Å². The molecular formula is C14H19N3OS. The van der Waals surface area contributed by atoms with Crippen molar-refractivity contribution in [2.24, 2.45) is 5.92 Å². The van der Waals surface area contributed by atoms with Gasteiger partial charge in [0.05, 0.1) is 11.6 Å². The predicted octanol–water partition coefficient (Wildman–Crippen LogP) is 2.10. The number of hydrogen-bond acceptors (Lipinski definition) is 4. The van der Waals surface area contributed by atoms with E-state index in [4.69, 9.17) is 0 Å². The molecule has 4 rings (SSSR count). The topological polar surface area (TPSA) is 54.0 Å². The summed E-state index contributed by atoms with van der Waals surface area (Å²) in [5, 5.41) is 7.39. The second-order valence-electron chi connectivity index (χ2n) is 5.97. The molecule has 0 aromatic carbocycles. The molecule has 3 aliphatic rings. The van der Waals surface area contributed by atoms with Crippen LogP contribution in [0.15, 0.2) is 0 Å². The molecule has 2 fully saturated rings. The summed E-state index contributed by atoms with van der Waals surface area (Å²) in [5.41, 5.74) is 1.22. The van der Waals surface area contributed by atoms with Gasteiger partial charge < -0.3 is 10.6 Å². The van der Waals surface area contributed by atoms with E-state index in [1.54, 1.807) is 11.3 Å². The zero-order valence-electron chi connectivity index (χ0n) is 10.9. The van der Waals surface area contributed by atoms with Crippen LogP contribution < -0.4 is 10.6 Å². The Morgan fingerprint density at radius 2 is 2.21 bits per heavy atom. The van der Waals surface area contributed by atoms with E-state index in [2.05, 4.69) is 15.6 Å². The van der Waals surface area contributed by atoms with Gasteiger partial charge in [0.1, 0.15) is 0 Å². The van der Waals surface area contributed by atoms with E-state index in [9.17, 15) is 4.79 Å². The number of carbonyl (C=O) groups excluding carboxylic acids is 1. The van der Waals surface area contributed by atoms with Crippen LogP contribution in [-0.2, 0) is 17.6 Å². The van der Waals surface area contributed by atoms with E-state index in [0.717, 1.165) is 30.8 Å². The van der Waals surface area contributed by atoms with Crippen LogP contribution in [0.1, 0.15) is 42.7 Å². The molecule has 2 saturated heterocycles. The molecule has 102 valence electrons. The number of anilines is 1. The van der Waals surface area contributed by atoms with Gasteiger partial charge in [0, 0.05) is 17.0 Å². The molecular weight excluding hydrogens is 258 g/mol. The first kappa shape index (κ1) is 11.9. The van der Waals surface area contributed by atoms with Crippen molar-refractivity contribution < 1.29 is 4.79 Å².